The van der Waals surface area contributed by atoms with Crippen LogP contribution in [0.25, 0.3) is 0 Å². The van der Waals surface area contributed by atoms with Crippen LogP contribution in [0.1, 0.15) is 20.8 Å². The maximum Gasteiger partial charge on any atom is 0.242 e. The van der Waals surface area contributed by atoms with Gasteiger partial charge in [-0.2, -0.15) is 11.8 Å². The molecule has 0 aromatic heterocycles. The van der Waals surface area contributed by atoms with Crippen molar-refractivity contribution in [3.63, 3.8) is 0 Å². The van der Waals surface area contributed by atoms with Crippen molar-refractivity contribution in [2.45, 2.75) is 38.9 Å². The molecule has 1 aliphatic heterocycles. The van der Waals surface area contributed by atoms with Crippen molar-refractivity contribution in [1.82, 2.24) is 16.0 Å². The zero-order valence-corrected chi connectivity index (χ0v) is 11.4. The maximum absolute atomic E-state index is 11.8. The van der Waals surface area contributed by atoms with E-state index in [1.165, 1.54) is 0 Å². The van der Waals surface area contributed by atoms with Gasteiger partial charge in [-0.05, 0) is 20.8 Å². The van der Waals surface area contributed by atoms with Crippen LogP contribution in [0.15, 0.2) is 0 Å². The molecular formula is C11H21N3O2S. The van der Waals surface area contributed by atoms with E-state index < -0.39 is 6.04 Å². The number of carbonyl (C=O) groups is 2. The Morgan fingerprint density at radius 2 is 2.00 bits per heavy atom. The van der Waals surface area contributed by atoms with E-state index >= 15 is 0 Å². The van der Waals surface area contributed by atoms with Gasteiger partial charge in [0.1, 0.15) is 6.04 Å². The molecule has 0 aromatic rings. The Hall–Kier alpha value is -0.750. The largest absolute Gasteiger partial charge is 0.352 e. The molecule has 1 heterocycles. The molecule has 1 aliphatic rings. The van der Waals surface area contributed by atoms with Crippen molar-refractivity contribution in [3.05, 3.63) is 0 Å². The summed E-state index contributed by atoms with van der Waals surface area (Å²) in [6.07, 6.45) is 0. The molecule has 0 saturated carbocycles. The van der Waals surface area contributed by atoms with Crippen LogP contribution in [0.2, 0.25) is 0 Å². The van der Waals surface area contributed by atoms with Gasteiger partial charge in [0.05, 0.1) is 6.04 Å². The highest BCUT2D eigenvalue weighted by molar-refractivity contribution is 7.99. The lowest BCUT2D eigenvalue weighted by atomic mass is 10.2. The molecule has 2 amide bonds. The van der Waals surface area contributed by atoms with Crippen molar-refractivity contribution in [3.8, 4) is 0 Å². The molecule has 0 radical (unpaired) electrons. The average Bonchev–Trinajstić information content (AvgIpc) is 2.29. The van der Waals surface area contributed by atoms with E-state index in [2.05, 4.69) is 16.0 Å². The van der Waals surface area contributed by atoms with E-state index in [4.69, 9.17) is 0 Å². The Kier molecular flexibility index (Phi) is 5.77. The summed E-state index contributed by atoms with van der Waals surface area (Å²) in [5.74, 6) is 1.57. The normalized spacial score (nSPS) is 22.0. The van der Waals surface area contributed by atoms with E-state index in [-0.39, 0.29) is 23.9 Å². The summed E-state index contributed by atoms with van der Waals surface area (Å²) >= 11 is 1.75. The van der Waals surface area contributed by atoms with Crippen LogP contribution in [-0.4, -0.2) is 48.0 Å². The summed E-state index contributed by atoms with van der Waals surface area (Å²) in [5, 5.41) is 8.64. The molecule has 1 saturated heterocycles. The SMILES string of the molecule is CC(C)NC(=O)C(C)NC(=O)C1CSCCN1. The van der Waals surface area contributed by atoms with Crippen LogP contribution in [0.4, 0.5) is 0 Å². The predicted octanol–water partition coefficient (Wildman–Crippen LogP) is -0.279. The van der Waals surface area contributed by atoms with Crippen LogP contribution in [-0.2, 0) is 9.59 Å². The van der Waals surface area contributed by atoms with Gasteiger partial charge < -0.3 is 16.0 Å². The lowest BCUT2D eigenvalue weighted by Gasteiger charge is -2.24. The second kappa shape index (κ2) is 6.86. The van der Waals surface area contributed by atoms with Crippen molar-refractivity contribution >= 4 is 23.6 Å². The Morgan fingerprint density at radius 1 is 1.29 bits per heavy atom. The van der Waals surface area contributed by atoms with Gasteiger partial charge in [0, 0.05) is 24.1 Å². The van der Waals surface area contributed by atoms with Crippen molar-refractivity contribution < 1.29 is 9.59 Å². The Morgan fingerprint density at radius 3 is 2.53 bits per heavy atom. The van der Waals surface area contributed by atoms with Gasteiger partial charge in [0.2, 0.25) is 11.8 Å². The minimum atomic E-state index is -0.487. The van der Waals surface area contributed by atoms with Crippen LogP contribution in [0, 0.1) is 0 Å². The Balaban J connectivity index is 2.36. The third-order valence-electron chi connectivity index (χ3n) is 2.42. The second-order valence-corrected chi connectivity index (χ2v) is 5.63. The molecule has 5 nitrogen and oxygen atoms in total. The van der Waals surface area contributed by atoms with E-state index in [9.17, 15) is 9.59 Å². The monoisotopic (exact) mass is 259 g/mol. The van der Waals surface area contributed by atoms with Gasteiger partial charge in [-0.15, -0.1) is 0 Å². The summed E-state index contributed by atoms with van der Waals surface area (Å²) in [7, 11) is 0. The average molecular weight is 259 g/mol. The molecular weight excluding hydrogens is 238 g/mol. The highest BCUT2D eigenvalue weighted by Gasteiger charge is 2.24. The molecule has 0 bridgehead atoms. The molecule has 98 valence electrons. The minimum absolute atomic E-state index is 0.0882. The van der Waals surface area contributed by atoms with Crippen molar-refractivity contribution in [1.29, 1.82) is 0 Å². The highest BCUT2D eigenvalue weighted by atomic mass is 32.2. The van der Waals surface area contributed by atoms with Crippen LogP contribution < -0.4 is 16.0 Å². The zero-order chi connectivity index (χ0) is 12.8. The quantitative estimate of drug-likeness (QED) is 0.649. The Bertz CT molecular complexity index is 278. The first-order valence-electron chi connectivity index (χ1n) is 5.92. The smallest absolute Gasteiger partial charge is 0.242 e. The van der Waals surface area contributed by atoms with E-state index in [1.54, 1.807) is 18.7 Å². The van der Waals surface area contributed by atoms with Gasteiger partial charge in [-0.25, -0.2) is 0 Å². The van der Waals surface area contributed by atoms with Crippen LogP contribution in [0.3, 0.4) is 0 Å². The zero-order valence-electron chi connectivity index (χ0n) is 10.6. The first-order valence-corrected chi connectivity index (χ1v) is 7.08. The Labute approximate surface area is 106 Å². The summed E-state index contributed by atoms with van der Waals surface area (Å²) in [6, 6.07) is -0.577. The van der Waals surface area contributed by atoms with Gasteiger partial charge >= 0.3 is 0 Å². The maximum atomic E-state index is 11.8. The summed E-state index contributed by atoms with van der Waals surface area (Å²) in [6.45, 7) is 6.33. The second-order valence-electron chi connectivity index (χ2n) is 4.48. The molecule has 6 heteroatoms. The van der Waals surface area contributed by atoms with Gasteiger partial charge in [0.15, 0.2) is 0 Å². The highest BCUT2D eigenvalue weighted by Crippen LogP contribution is 2.07. The fourth-order valence-corrected chi connectivity index (χ4v) is 2.46. The van der Waals surface area contributed by atoms with E-state index in [0.717, 1.165) is 18.1 Å². The third kappa shape index (κ3) is 4.95. The summed E-state index contributed by atoms with van der Waals surface area (Å²) in [4.78, 5) is 23.5. The van der Waals surface area contributed by atoms with Crippen molar-refractivity contribution in [2.75, 3.05) is 18.1 Å². The number of hydrogen-bond donors (Lipinski definition) is 3. The first kappa shape index (κ1) is 14.3. The molecule has 17 heavy (non-hydrogen) atoms. The van der Waals surface area contributed by atoms with Crippen molar-refractivity contribution in [2.24, 2.45) is 0 Å². The molecule has 0 aliphatic carbocycles. The van der Waals surface area contributed by atoms with Gasteiger partial charge in [-0.1, -0.05) is 0 Å². The molecule has 2 atom stereocenters. The van der Waals surface area contributed by atoms with Crippen LogP contribution >= 0.6 is 11.8 Å². The number of thioether (sulfide) groups is 1. The fourth-order valence-electron chi connectivity index (χ4n) is 1.52. The number of carbonyl (C=O) groups excluding carboxylic acids is 2. The third-order valence-corrected chi connectivity index (χ3v) is 3.48. The number of rotatable bonds is 4. The fraction of sp³-hybridized carbons (Fsp3) is 0.818. The minimum Gasteiger partial charge on any atom is -0.352 e. The summed E-state index contributed by atoms with van der Waals surface area (Å²) < 4.78 is 0. The predicted molar refractivity (Wildman–Crippen MR) is 70.0 cm³/mol. The lowest BCUT2D eigenvalue weighted by Crippen LogP contribution is -2.54. The molecule has 2 unspecified atom stereocenters. The number of hydrogen-bond acceptors (Lipinski definition) is 4. The molecule has 1 fully saturated rings. The molecule has 1 rings (SSSR count). The van der Waals surface area contributed by atoms with Crippen LogP contribution in [0.5, 0.6) is 0 Å². The molecule has 0 spiro atoms. The number of amides is 2. The number of nitrogens with one attached hydrogen (secondary N) is 3. The van der Waals surface area contributed by atoms with Gasteiger partial charge in [0.25, 0.3) is 0 Å². The summed E-state index contributed by atoms with van der Waals surface area (Å²) in [5.41, 5.74) is 0. The van der Waals surface area contributed by atoms with E-state index in [0.29, 0.717) is 0 Å². The topological polar surface area (TPSA) is 70.2 Å². The molecule has 3 N–H and O–H groups in total. The standard InChI is InChI=1S/C11H21N3O2S/c1-7(2)13-10(15)8(3)14-11(16)9-6-17-5-4-12-9/h7-9,12H,4-6H2,1-3H3,(H,13,15)(H,14,16). The lowest BCUT2D eigenvalue weighted by molar-refractivity contribution is -0.129. The van der Waals surface area contributed by atoms with Gasteiger partial charge in [-0.3, -0.25) is 9.59 Å². The first-order chi connectivity index (χ1) is 8.00. The molecule has 0 aromatic carbocycles. The van der Waals surface area contributed by atoms with E-state index in [1.807, 2.05) is 13.8 Å².